The summed E-state index contributed by atoms with van der Waals surface area (Å²) in [6.45, 7) is 5.81. The van der Waals surface area contributed by atoms with E-state index in [0.29, 0.717) is 5.56 Å². The van der Waals surface area contributed by atoms with Gasteiger partial charge < -0.3 is 4.90 Å². The summed E-state index contributed by atoms with van der Waals surface area (Å²) in [7, 11) is 0. The van der Waals surface area contributed by atoms with Gasteiger partial charge in [-0.05, 0) is 50.2 Å². The quantitative estimate of drug-likeness (QED) is 0.837. The van der Waals surface area contributed by atoms with Gasteiger partial charge in [0.15, 0.2) is 0 Å². The molecule has 0 amide bonds. The Hall–Kier alpha value is -2.34. The summed E-state index contributed by atoms with van der Waals surface area (Å²) >= 11 is 0. The highest BCUT2D eigenvalue weighted by Crippen LogP contribution is 2.17. The second-order valence-corrected chi connectivity index (χ2v) is 4.44. The maximum absolute atomic E-state index is 8.82. The van der Waals surface area contributed by atoms with Crippen LogP contribution in [0.15, 0.2) is 42.5 Å². The smallest absolute Gasteiger partial charge is 0.0991 e. The molecule has 0 N–H and O–H groups in total. The number of hydrogen-bond donors (Lipinski definition) is 0. The van der Waals surface area contributed by atoms with Crippen LogP contribution in [0.5, 0.6) is 0 Å². The molecule has 2 rings (SSSR count). The molecule has 0 aliphatic heterocycles. The average molecular weight is 251 g/mol. The van der Waals surface area contributed by atoms with Gasteiger partial charge in [-0.25, -0.2) is 0 Å². The Labute approximate surface area is 114 Å². The van der Waals surface area contributed by atoms with Gasteiger partial charge in [0.1, 0.15) is 0 Å². The van der Waals surface area contributed by atoms with Crippen LogP contribution in [0.25, 0.3) is 0 Å². The zero-order valence-electron chi connectivity index (χ0n) is 11.3. The third-order valence-corrected chi connectivity index (χ3v) is 3.04. The van der Waals surface area contributed by atoms with Crippen molar-refractivity contribution in [3.63, 3.8) is 0 Å². The van der Waals surface area contributed by atoms with Crippen molar-refractivity contribution in [3.05, 3.63) is 59.4 Å². The number of rotatable bonds is 4. The molecule has 3 heteroatoms. The van der Waals surface area contributed by atoms with Crippen LogP contribution in [-0.4, -0.2) is 11.5 Å². The highest BCUT2D eigenvalue weighted by atomic mass is 15.1. The molecule has 0 bridgehead atoms. The Balaban J connectivity index is 2.18. The summed E-state index contributed by atoms with van der Waals surface area (Å²) in [4.78, 5) is 6.77. The molecule has 1 heterocycles. The maximum Gasteiger partial charge on any atom is 0.0991 e. The highest BCUT2D eigenvalue weighted by molar-refractivity contribution is 5.49. The van der Waals surface area contributed by atoms with E-state index in [9.17, 15) is 0 Å². The monoisotopic (exact) mass is 251 g/mol. The summed E-state index contributed by atoms with van der Waals surface area (Å²) in [5.74, 6) is 0. The molecule has 96 valence electrons. The molecule has 0 aliphatic rings. The van der Waals surface area contributed by atoms with Crippen molar-refractivity contribution < 1.29 is 0 Å². The molecule has 19 heavy (non-hydrogen) atoms. The molecule has 0 unspecified atom stereocenters. The minimum Gasteiger partial charge on any atom is -0.366 e. The van der Waals surface area contributed by atoms with Crippen molar-refractivity contribution in [2.24, 2.45) is 0 Å². The van der Waals surface area contributed by atoms with Crippen molar-refractivity contribution in [1.29, 1.82) is 5.26 Å². The van der Waals surface area contributed by atoms with Crippen molar-refractivity contribution in [2.45, 2.75) is 20.4 Å². The van der Waals surface area contributed by atoms with E-state index in [-0.39, 0.29) is 0 Å². The maximum atomic E-state index is 8.82. The molecule has 0 fully saturated rings. The molecule has 0 saturated heterocycles. The first-order chi connectivity index (χ1) is 9.22. The van der Waals surface area contributed by atoms with E-state index in [1.807, 2.05) is 49.4 Å². The summed E-state index contributed by atoms with van der Waals surface area (Å²) in [5.41, 5.74) is 3.90. The van der Waals surface area contributed by atoms with Crippen molar-refractivity contribution >= 4 is 5.69 Å². The molecular weight excluding hydrogens is 234 g/mol. The molecule has 3 nitrogen and oxygen atoms in total. The number of aromatic nitrogens is 1. The summed E-state index contributed by atoms with van der Waals surface area (Å²) in [6, 6.07) is 15.9. The molecule has 0 radical (unpaired) electrons. The number of aryl methyl sites for hydroxylation is 1. The SMILES string of the molecule is CCN(Cc1cccc(C)n1)c1ccc(C#N)cc1. The van der Waals surface area contributed by atoms with Gasteiger partial charge in [-0.15, -0.1) is 0 Å². The van der Waals surface area contributed by atoms with Crippen LogP contribution < -0.4 is 4.90 Å². The van der Waals surface area contributed by atoms with Crippen LogP contribution >= 0.6 is 0 Å². The predicted molar refractivity (Wildman–Crippen MR) is 76.9 cm³/mol. The van der Waals surface area contributed by atoms with Gasteiger partial charge in [-0.1, -0.05) is 6.07 Å². The lowest BCUT2D eigenvalue weighted by atomic mass is 10.2. The van der Waals surface area contributed by atoms with E-state index in [1.165, 1.54) is 0 Å². The minimum atomic E-state index is 0.688. The van der Waals surface area contributed by atoms with Gasteiger partial charge in [0.05, 0.1) is 23.9 Å². The number of pyridine rings is 1. The predicted octanol–water partition coefficient (Wildman–Crippen LogP) is 3.29. The summed E-state index contributed by atoms with van der Waals surface area (Å²) in [5, 5.41) is 8.82. The first-order valence-electron chi connectivity index (χ1n) is 6.40. The van der Waals surface area contributed by atoms with E-state index in [4.69, 9.17) is 5.26 Å². The summed E-state index contributed by atoms with van der Waals surface area (Å²) in [6.07, 6.45) is 0. The standard InChI is InChI=1S/C16H17N3/c1-3-19(12-15-6-4-5-13(2)18-15)16-9-7-14(11-17)8-10-16/h4-10H,3,12H2,1-2H3. The first kappa shape index (κ1) is 13.1. The zero-order chi connectivity index (χ0) is 13.7. The van der Waals surface area contributed by atoms with Gasteiger partial charge in [-0.3, -0.25) is 4.98 Å². The first-order valence-corrected chi connectivity index (χ1v) is 6.40. The Bertz CT molecular complexity index is 582. The molecular formula is C16H17N3. The second-order valence-electron chi connectivity index (χ2n) is 4.44. The molecule has 0 saturated carbocycles. The van der Waals surface area contributed by atoms with Crippen molar-refractivity contribution in [2.75, 3.05) is 11.4 Å². The normalized spacial score (nSPS) is 9.95. The van der Waals surface area contributed by atoms with Crippen LogP contribution in [0.2, 0.25) is 0 Å². The Kier molecular flexibility index (Phi) is 4.15. The van der Waals surface area contributed by atoms with Crippen molar-refractivity contribution in [3.8, 4) is 6.07 Å². The number of nitrogens with zero attached hydrogens (tertiary/aromatic N) is 3. The fourth-order valence-electron chi connectivity index (χ4n) is 2.02. The largest absolute Gasteiger partial charge is 0.366 e. The topological polar surface area (TPSA) is 39.9 Å². The molecule has 0 spiro atoms. The molecule has 2 aromatic rings. The van der Waals surface area contributed by atoms with Crippen LogP contribution in [0.1, 0.15) is 23.9 Å². The fraction of sp³-hybridized carbons (Fsp3) is 0.250. The third kappa shape index (κ3) is 3.32. The molecule has 0 atom stereocenters. The number of benzene rings is 1. The second kappa shape index (κ2) is 6.01. The van der Waals surface area contributed by atoms with Gasteiger partial charge >= 0.3 is 0 Å². The van der Waals surface area contributed by atoms with Gasteiger partial charge in [0, 0.05) is 17.9 Å². The number of hydrogen-bond acceptors (Lipinski definition) is 3. The number of nitriles is 1. The zero-order valence-corrected chi connectivity index (χ0v) is 11.3. The highest BCUT2D eigenvalue weighted by Gasteiger charge is 2.06. The van der Waals surface area contributed by atoms with Crippen molar-refractivity contribution in [1.82, 2.24) is 4.98 Å². The van der Waals surface area contributed by atoms with Crippen LogP contribution in [-0.2, 0) is 6.54 Å². The van der Waals surface area contributed by atoms with Gasteiger partial charge in [0.25, 0.3) is 0 Å². The van der Waals surface area contributed by atoms with Crippen LogP contribution in [0.3, 0.4) is 0 Å². The molecule has 0 aliphatic carbocycles. The van der Waals surface area contributed by atoms with E-state index in [0.717, 1.165) is 30.2 Å². The third-order valence-electron chi connectivity index (χ3n) is 3.04. The minimum absolute atomic E-state index is 0.688. The fourth-order valence-corrected chi connectivity index (χ4v) is 2.02. The van der Waals surface area contributed by atoms with Gasteiger partial charge in [0.2, 0.25) is 0 Å². The van der Waals surface area contributed by atoms with E-state index in [1.54, 1.807) is 0 Å². The Morgan fingerprint density at radius 2 is 1.89 bits per heavy atom. The Morgan fingerprint density at radius 1 is 1.16 bits per heavy atom. The van der Waals surface area contributed by atoms with Crippen LogP contribution in [0, 0.1) is 18.3 Å². The Morgan fingerprint density at radius 3 is 2.47 bits per heavy atom. The average Bonchev–Trinajstić information content (AvgIpc) is 2.45. The molecule has 1 aromatic carbocycles. The lowest BCUT2D eigenvalue weighted by molar-refractivity contribution is 0.806. The van der Waals surface area contributed by atoms with Crippen LogP contribution in [0.4, 0.5) is 5.69 Å². The van der Waals surface area contributed by atoms with E-state index in [2.05, 4.69) is 22.9 Å². The molecule has 1 aromatic heterocycles. The lowest BCUT2D eigenvalue weighted by Gasteiger charge is -2.22. The van der Waals surface area contributed by atoms with E-state index >= 15 is 0 Å². The van der Waals surface area contributed by atoms with Gasteiger partial charge in [-0.2, -0.15) is 5.26 Å². The lowest BCUT2D eigenvalue weighted by Crippen LogP contribution is -2.22. The number of anilines is 1. The summed E-state index contributed by atoms with van der Waals surface area (Å²) < 4.78 is 0. The van der Waals surface area contributed by atoms with E-state index < -0.39 is 0 Å².